The van der Waals surface area contributed by atoms with Gasteiger partial charge in [-0.2, -0.15) is 0 Å². The molecule has 1 aliphatic heterocycles. The summed E-state index contributed by atoms with van der Waals surface area (Å²) in [7, 11) is 0. The Morgan fingerprint density at radius 2 is 1.89 bits per heavy atom. The fourth-order valence-electron chi connectivity index (χ4n) is 8.08. The van der Waals surface area contributed by atoms with Gasteiger partial charge in [-0.05, 0) is 63.7 Å². The summed E-state index contributed by atoms with van der Waals surface area (Å²) in [4.78, 5) is 37.1. The van der Waals surface area contributed by atoms with Crippen molar-refractivity contribution < 1.29 is 42.5 Å². The summed E-state index contributed by atoms with van der Waals surface area (Å²) in [6.07, 6.45) is -0.345. The normalized spacial score (nSPS) is 49.4. The third kappa shape index (κ3) is 2.95. The van der Waals surface area contributed by atoms with Crippen LogP contribution in [0, 0.1) is 22.7 Å². The van der Waals surface area contributed by atoms with Crippen molar-refractivity contribution in [3.8, 4) is 0 Å². The van der Waals surface area contributed by atoms with Crippen molar-refractivity contribution in [2.24, 2.45) is 22.7 Å². The summed E-state index contributed by atoms with van der Waals surface area (Å²) in [6, 6.07) is 0. The largest absolute Gasteiger partial charge is 0.458 e. The Hall–Kier alpha value is -1.97. The summed E-state index contributed by atoms with van der Waals surface area (Å²) in [5.74, 6) is -4.23. The minimum Gasteiger partial charge on any atom is -0.458 e. The highest BCUT2D eigenvalue weighted by molar-refractivity contribution is 6.01. The van der Waals surface area contributed by atoms with Crippen molar-refractivity contribution in [3.05, 3.63) is 23.8 Å². The maximum atomic E-state index is 17.3. The number of ether oxygens (including phenoxy) is 3. The molecule has 5 aliphatic rings. The lowest BCUT2D eigenvalue weighted by Crippen LogP contribution is -2.71. The van der Waals surface area contributed by atoms with E-state index < -0.39 is 82.2 Å². The molecular formula is C26H32F2O7. The number of halogens is 2. The zero-order valence-electron chi connectivity index (χ0n) is 20.6. The van der Waals surface area contributed by atoms with Crippen LogP contribution in [0.4, 0.5) is 8.78 Å². The molecule has 1 N–H and O–H groups in total. The Balaban J connectivity index is 1.62. The number of esters is 1. The maximum Gasteiger partial charge on any atom is 0.303 e. The fraction of sp³-hybridized carbons (Fsp3) is 0.731. The molecule has 0 amide bonds. The highest BCUT2D eigenvalue weighted by atomic mass is 19.1. The minimum atomic E-state index is -2.27. The number of aliphatic hydroxyl groups excluding tert-OH is 1. The van der Waals surface area contributed by atoms with E-state index in [-0.39, 0.29) is 24.8 Å². The molecule has 3 saturated carbocycles. The lowest BCUT2D eigenvalue weighted by atomic mass is 9.44. The van der Waals surface area contributed by atoms with Crippen LogP contribution in [0.15, 0.2) is 23.8 Å². The van der Waals surface area contributed by atoms with E-state index in [1.165, 1.54) is 26.0 Å². The Morgan fingerprint density at radius 1 is 1.20 bits per heavy atom. The number of fused-ring (bicyclic) bond motifs is 7. The fourth-order valence-corrected chi connectivity index (χ4v) is 8.08. The summed E-state index contributed by atoms with van der Waals surface area (Å²) in [5, 5.41) is 11.5. The number of allylic oxidation sites excluding steroid dienone is 4. The van der Waals surface area contributed by atoms with Gasteiger partial charge in [-0.1, -0.05) is 13.0 Å². The predicted molar refractivity (Wildman–Crippen MR) is 118 cm³/mol. The van der Waals surface area contributed by atoms with Crippen molar-refractivity contribution in [2.75, 3.05) is 6.61 Å². The van der Waals surface area contributed by atoms with Gasteiger partial charge in [-0.3, -0.25) is 14.4 Å². The summed E-state index contributed by atoms with van der Waals surface area (Å²) < 4.78 is 50.3. The summed E-state index contributed by atoms with van der Waals surface area (Å²) in [5.41, 5.74) is -6.46. The van der Waals surface area contributed by atoms with Crippen LogP contribution in [0.1, 0.15) is 53.9 Å². The number of rotatable bonds is 3. The second-order valence-electron chi connectivity index (χ2n) is 11.6. The summed E-state index contributed by atoms with van der Waals surface area (Å²) in [6.45, 7) is 7.28. The lowest BCUT2D eigenvalue weighted by Gasteiger charge is -2.63. The van der Waals surface area contributed by atoms with Crippen molar-refractivity contribution in [1.29, 1.82) is 0 Å². The molecule has 0 aromatic rings. The first kappa shape index (κ1) is 24.7. The van der Waals surface area contributed by atoms with Crippen molar-refractivity contribution >= 4 is 17.5 Å². The van der Waals surface area contributed by atoms with E-state index in [4.69, 9.17) is 14.2 Å². The van der Waals surface area contributed by atoms with Gasteiger partial charge in [0.1, 0.15) is 6.17 Å². The molecule has 0 aromatic carbocycles. The third-order valence-electron chi connectivity index (χ3n) is 9.44. The zero-order chi connectivity index (χ0) is 25.8. The maximum absolute atomic E-state index is 17.3. The van der Waals surface area contributed by atoms with Gasteiger partial charge in [0.2, 0.25) is 5.78 Å². The molecule has 0 aromatic heterocycles. The number of carbonyl (C=O) groups is 3. The number of aliphatic hydroxyl groups is 1. The number of ketones is 2. The number of hydrogen-bond donors (Lipinski definition) is 1. The molecule has 0 spiro atoms. The van der Waals surface area contributed by atoms with Crippen molar-refractivity contribution in [2.45, 2.75) is 89.3 Å². The van der Waals surface area contributed by atoms with Gasteiger partial charge in [0.05, 0.1) is 12.2 Å². The van der Waals surface area contributed by atoms with Crippen LogP contribution >= 0.6 is 0 Å². The van der Waals surface area contributed by atoms with Crippen LogP contribution < -0.4 is 0 Å². The molecule has 1 saturated heterocycles. The van der Waals surface area contributed by atoms with Gasteiger partial charge in [-0.25, -0.2) is 8.78 Å². The molecule has 5 rings (SSSR count). The molecule has 1 heterocycles. The second-order valence-corrected chi connectivity index (χ2v) is 11.6. The first-order valence-corrected chi connectivity index (χ1v) is 12.1. The topological polar surface area (TPSA) is 99.1 Å². The smallest absolute Gasteiger partial charge is 0.303 e. The van der Waals surface area contributed by atoms with Gasteiger partial charge in [0, 0.05) is 23.7 Å². The standard InChI is InChI=1S/C26H32F2O7/c1-13(29)33-12-20(32)26-21(34-22(2,3)35-26)10-15-16-9-18(27)17-8-14(30)6-7-23(17,4)25(16,28)19(31)11-24(15,26)5/h6-8,15-16,18-19,21,31H,9-12H2,1-5H3/t15-,16-,18+,19+,21+,23+,24-,25-,26+/m1/s1. The van der Waals surface area contributed by atoms with E-state index >= 15 is 8.78 Å². The summed E-state index contributed by atoms with van der Waals surface area (Å²) >= 11 is 0. The van der Waals surface area contributed by atoms with Crippen LogP contribution in [0.5, 0.6) is 0 Å². The van der Waals surface area contributed by atoms with Gasteiger partial charge < -0.3 is 19.3 Å². The van der Waals surface area contributed by atoms with Crippen LogP contribution in [-0.2, 0) is 28.6 Å². The lowest BCUT2D eigenvalue weighted by molar-refractivity contribution is -0.249. The Morgan fingerprint density at radius 3 is 2.54 bits per heavy atom. The second kappa shape index (κ2) is 7.29. The molecular weight excluding hydrogens is 462 g/mol. The Labute approximate surface area is 202 Å². The monoisotopic (exact) mass is 494 g/mol. The molecule has 9 heteroatoms. The number of hydrogen-bond acceptors (Lipinski definition) is 7. The molecule has 7 nitrogen and oxygen atoms in total. The van der Waals surface area contributed by atoms with Crippen molar-refractivity contribution in [3.63, 3.8) is 0 Å². The molecule has 0 radical (unpaired) electrons. The van der Waals surface area contributed by atoms with Crippen molar-refractivity contribution in [1.82, 2.24) is 0 Å². The molecule has 4 fully saturated rings. The minimum absolute atomic E-state index is 0.0406. The first-order valence-electron chi connectivity index (χ1n) is 12.1. The van der Waals surface area contributed by atoms with Gasteiger partial charge in [0.15, 0.2) is 29.4 Å². The third-order valence-corrected chi connectivity index (χ3v) is 9.44. The van der Waals surface area contributed by atoms with Crippen LogP contribution in [0.25, 0.3) is 0 Å². The average Bonchev–Trinajstić information content (AvgIpc) is 3.16. The SMILES string of the molecule is CC(=O)OCC(=O)[C@]12OC(C)(C)O[C@H]1C[C@@H]1[C@H]3C[C@H](F)C4=CC(=O)C=C[C@]4(C)[C@]3(F)[C@@H](O)C[C@]12C. The number of Topliss-reactive ketones (excluding diaryl/α,β-unsaturated/α-hetero) is 1. The molecule has 192 valence electrons. The molecule has 9 atom stereocenters. The number of alkyl halides is 2. The quantitative estimate of drug-likeness (QED) is 0.603. The highest BCUT2D eigenvalue weighted by Gasteiger charge is 2.80. The van der Waals surface area contributed by atoms with E-state index in [1.807, 2.05) is 0 Å². The van der Waals surface area contributed by atoms with E-state index in [0.717, 1.165) is 6.08 Å². The van der Waals surface area contributed by atoms with E-state index in [1.54, 1.807) is 20.8 Å². The Kier molecular flexibility index (Phi) is 5.15. The molecule has 0 unspecified atom stereocenters. The van der Waals surface area contributed by atoms with Crippen LogP contribution in [0.3, 0.4) is 0 Å². The molecule has 0 bridgehead atoms. The average molecular weight is 495 g/mol. The van der Waals surface area contributed by atoms with Crippen LogP contribution in [-0.4, -0.2) is 64.7 Å². The zero-order valence-corrected chi connectivity index (χ0v) is 20.6. The van der Waals surface area contributed by atoms with Crippen LogP contribution in [0.2, 0.25) is 0 Å². The Bertz CT molecular complexity index is 1070. The van der Waals surface area contributed by atoms with Gasteiger partial charge >= 0.3 is 5.97 Å². The highest BCUT2D eigenvalue weighted by Crippen LogP contribution is 2.72. The van der Waals surface area contributed by atoms with E-state index in [0.29, 0.717) is 0 Å². The first-order chi connectivity index (χ1) is 16.1. The molecule has 4 aliphatic carbocycles. The van der Waals surface area contributed by atoms with Gasteiger partial charge in [0.25, 0.3) is 0 Å². The number of carbonyl (C=O) groups excluding carboxylic acids is 3. The van der Waals surface area contributed by atoms with E-state index in [2.05, 4.69) is 0 Å². The van der Waals surface area contributed by atoms with Gasteiger partial charge in [-0.15, -0.1) is 0 Å². The van der Waals surface area contributed by atoms with E-state index in [9.17, 15) is 19.5 Å². The predicted octanol–water partition coefficient (Wildman–Crippen LogP) is 2.94. The molecule has 35 heavy (non-hydrogen) atoms.